The van der Waals surface area contributed by atoms with Crippen molar-refractivity contribution in [3.05, 3.63) is 273 Å². The first-order valence-corrected chi connectivity index (χ1v) is 21.4. The second-order valence-corrected chi connectivity index (χ2v) is 16.0. The van der Waals surface area contributed by atoms with E-state index in [-0.39, 0.29) is 0 Å². The number of alkyl halides is 6. The number of halogens is 6. The molecule has 6 heteroatoms. The van der Waals surface area contributed by atoms with Crippen LogP contribution < -0.4 is 0 Å². The van der Waals surface area contributed by atoms with E-state index < -0.39 is 23.5 Å². The van der Waals surface area contributed by atoms with Crippen molar-refractivity contribution in [2.75, 3.05) is 0 Å². The summed E-state index contributed by atoms with van der Waals surface area (Å²) >= 11 is 0. The minimum Gasteiger partial charge on any atom is -0.166 e. The van der Waals surface area contributed by atoms with Gasteiger partial charge in [-0.1, -0.05) is 182 Å². The first-order valence-electron chi connectivity index (χ1n) is 21.4. The third-order valence-corrected chi connectivity index (χ3v) is 11.6. The fourth-order valence-corrected chi connectivity index (χ4v) is 8.15. The Bertz CT molecular complexity index is 3060. The van der Waals surface area contributed by atoms with Crippen LogP contribution in [-0.4, -0.2) is 0 Å². The van der Waals surface area contributed by atoms with Gasteiger partial charge in [-0.05, 0) is 149 Å². The Morgan fingerprint density at radius 2 is 0.576 bits per heavy atom. The van der Waals surface area contributed by atoms with Crippen LogP contribution in [0.4, 0.5) is 26.3 Å². The summed E-state index contributed by atoms with van der Waals surface area (Å²) in [5.74, 6) is 0. The monoisotopic (exact) mass is 874 g/mol. The summed E-state index contributed by atoms with van der Waals surface area (Å²) in [5, 5.41) is 4.39. The van der Waals surface area contributed by atoms with E-state index in [0.29, 0.717) is 11.1 Å². The highest BCUT2D eigenvalue weighted by Gasteiger charge is 2.31. The van der Waals surface area contributed by atoms with Gasteiger partial charge >= 0.3 is 12.4 Å². The van der Waals surface area contributed by atoms with E-state index in [9.17, 15) is 26.3 Å². The molecule has 0 amide bonds. The standard InChI is InChI=1S/C60H40F6/c61-59(62,63)55-31-27-45(28-32-55)57(43-15-3-1-4-16-43)39-49-21-9-7-13-41(49)23-25-51-37-53-35-47-19-11-12-20-48(47)36-54(53)38-52(51)26-24-42-14-8-10-22-50(42)40-58(44-17-5-2-6-18-44)46-29-33-56(34-30-46)60(64,65)66/h1-40H. The highest BCUT2D eigenvalue weighted by atomic mass is 19.4. The molecular weight excluding hydrogens is 835 g/mol. The number of fused-ring (bicyclic) bond motifs is 2. The summed E-state index contributed by atoms with van der Waals surface area (Å²) in [4.78, 5) is 0. The molecule has 0 nitrogen and oxygen atoms in total. The van der Waals surface area contributed by atoms with Gasteiger partial charge in [-0.3, -0.25) is 0 Å². The van der Waals surface area contributed by atoms with Gasteiger partial charge in [-0.2, -0.15) is 26.3 Å². The average Bonchev–Trinajstić information content (AvgIpc) is 3.33. The zero-order valence-electron chi connectivity index (χ0n) is 35.4. The summed E-state index contributed by atoms with van der Waals surface area (Å²) in [5.41, 5.74) is 8.75. The second-order valence-electron chi connectivity index (χ2n) is 16.0. The second kappa shape index (κ2) is 18.6. The van der Waals surface area contributed by atoms with Gasteiger partial charge in [0.25, 0.3) is 0 Å². The van der Waals surface area contributed by atoms with Crippen molar-refractivity contribution < 1.29 is 26.3 Å². The van der Waals surface area contributed by atoms with E-state index in [2.05, 4.69) is 60.7 Å². The first-order chi connectivity index (χ1) is 32.0. The Morgan fingerprint density at radius 3 is 0.939 bits per heavy atom. The van der Waals surface area contributed by atoms with E-state index in [1.165, 1.54) is 24.3 Å². The molecule has 0 radical (unpaired) electrons. The fourth-order valence-electron chi connectivity index (χ4n) is 8.15. The van der Waals surface area contributed by atoms with Gasteiger partial charge in [-0.25, -0.2) is 0 Å². The van der Waals surface area contributed by atoms with Crippen LogP contribution >= 0.6 is 0 Å². The van der Waals surface area contributed by atoms with Crippen LogP contribution in [0, 0.1) is 0 Å². The highest BCUT2D eigenvalue weighted by Crippen LogP contribution is 2.36. The predicted molar refractivity (Wildman–Crippen MR) is 262 cm³/mol. The maximum Gasteiger partial charge on any atom is 0.416 e. The lowest BCUT2D eigenvalue weighted by Crippen LogP contribution is -2.04. The molecule has 0 N–H and O–H groups in total. The van der Waals surface area contributed by atoms with Crippen LogP contribution in [0.3, 0.4) is 0 Å². The molecule has 0 atom stereocenters. The van der Waals surface area contributed by atoms with Crippen molar-refractivity contribution in [3.63, 3.8) is 0 Å². The minimum atomic E-state index is -4.44. The van der Waals surface area contributed by atoms with Crippen molar-refractivity contribution >= 4 is 69.1 Å². The van der Waals surface area contributed by atoms with Crippen LogP contribution in [0.25, 0.3) is 69.1 Å². The maximum atomic E-state index is 13.5. The molecule has 322 valence electrons. The normalized spacial score (nSPS) is 12.8. The predicted octanol–water partition coefficient (Wildman–Crippen LogP) is 17.5. The van der Waals surface area contributed by atoms with Crippen molar-refractivity contribution in [1.82, 2.24) is 0 Å². The topological polar surface area (TPSA) is 0 Å². The van der Waals surface area contributed by atoms with Crippen LogP contribution in [0.5, 0.6) is 0 Å². The lowest BCUT2D eigenvalue weighted by atomic mass is 9.92. The van der Waals surface area contributed by atoms with Gasteiger partial charge in [0.2, 0.25) is 0 Å². The van der Waals surface area contributed by atoms with E-state index in [4.69, 9.17) is 0 Å². The van der Waals surface area contributed by atoms with Gasteiger partial charge in [0.1, 0.15) is 0 Å². The molecule has 0 aliphatic heterocycles. The van der Waals surface area contributed by atoms with Crippen molar-refractivity contribution in [3.8, 4) is 0 Å². The summed E-state index contributed by atoms with van der Waals surface area (Å²) in [7, 11) is 0. The Balaban J connectivity index is 1.13. The summed E-state index contributed by atoms with van der Waals surface area (Å²) < 4.78 is 81.3. The molecule has 0 saturated carbocycles. The minimum absolute atomic E-state index is 0.660. The molecule has 9 rings (SSSR count). The average molecular weight is 875 g/mol. The molecule has 9 aromatic carbocycles. The number of benzene rings is 9. The quantitative estimate of drug-likeness (QED) is 0.0730. The lowest BCUT2D eigenvalue weighted by Gasteiger charge is -2.13. The van der Waals surface area contributed by atoms with E-state index >= 15 is 0 Å². The van der Waals surface area contributed by atoms with Gasteiger partial charge < -0.3 is 0 Å². The third-order valence-electron chi connectivity index (χ3n) is 11.6. The van der Waals surface area contributed by atoms with E-state index in [1.807, 2.05) is 133 Å². The van der Waals surface area contributed by atoms with E-state index in [0.717, 1.165) is 101 Å². The van der Waals surface area contributed by atoms with Crippen LogP contribution in [0.1, 0.15) is 66.8 Å². The molecule has 0 bridgehead atoms. The molecular formula is C60H40F6. The van der Waals surface area contributed by atoms with Gasteiger partial charge in [0, 0.05) is 0 Å². The molecule has 0 fully saturated rings. The summed E-state index contributed by atoms with van der Waals surface area (Å²) in [6, 6.07) is 62.6. The first kappa shape index (κ1) is 43.3. The summed E-state index contributed by atoms with van der Waals surface area (Å²) in [6.45, 7) is 0. The lowest BCUT2D eigenvalue weighted by molar-refractivity contribution is -0.138. The zero-order chi connectivity index (χ0) is 45.7. The van der Waals surface area contributed by atoms with Crippen molar-refractivity contribution in [1.29, 1.82) is 0 Å². The fraction of sp³-hybridized carbons (Fsp3) is 0.0333. The number of hydrogen-bond acceptors (Lipinski definition) is 0. The summed E-state index contributed by atoms with van der Waals surface area (Å²) in [6.07, 6.45) is 3.45. The van der Waals surface area contributed by atoms with Gasteiger partial charge in [0.15, 0.2) is 0 Å². The highest BCUT2D eigenvalue weighted by molar-refractivity contribution is 6.02. The van der Waals surface area contributed by atoms with Crippen LogP contribution in [0.2, 0.25) is 0 Å². The Morgan fingerprint density at radius 1 is 0.273 bits per heavy atom. The molecule has 0 unspecified atom stereocenters. The largest absolute Gasteiger partial charge is 0.416 e. The Kier molecular flexibility index (Phi) is 12.2. The molecule has 9 aromatic rings. The molecule has 0 aliphatic carbocycles. The van der Waals surface area contributed by atoms with Crippen LogP contribution in [-0.2, 0) is 12.4 Å². The third kappa shape index (κ3) is 9.89. The molecule has 0 aliphatic rings. The van der Waals surface area contributed by atoms with E-state index in [1.54, 1.807) is 0 Å². The maximum absolute atomic E-state index is 13.5. The van der Waals surface area contributed by atoms with Gasteiger partial charge in [0.05, 0.1) is 11.1 Å². The zero-order valence-corrected chi connectivity index (χ0v) is 35.4. The number of hydrogen-bond donors (Lipinski definition) is 0. The Hall–Kier alpha value is -7.96. The Labute approximate surface area is 379 Å². The molecule has 0 spiro atoms. The molecule has 0 heterocycles. The SMILES string of the molecule is FC(F)(F)c1ccc(C(=Cc2ccccc2C=Cc2cc3cc4ccccc4cc3cc2C=Cc2ccccc2C=C(c2ccccc2)c2ccc(C(F)(F)F)cc2)c2ccccc2)cc1. The number of rotatable bonds is 10. The van der Waals surface area contributed by atoms with Crippen molar-refractivity contribution in [2.45, 2.75) is 12.4 Å². The smallest absolute Gasteiger partial charge is 0.166 e. The molecule has 66 heavy (non-hydrogen) atoms. The van der Waals surface area contributed by atoms with Crippen molar-refractivity contribution in [2.24, 2.45) is 0 Å². The molecule has 0 aromatic heterocycles. The molecule has 0 saturated heterocycles. The van der Waals surface area contributed by atoms with Crippen LogP contribution in [0.15, 0.2) is 206 Å². The van der Waals surface area contributed by atoms with Gasteiger partial charge in [-0.15, -0.1) is 0 Å².